The predicted octanol–water partition coefficient (Wildman–Crippen LogP) is 3.81. The van der Waals surface area contributed by atoms with Crippen LogP contribution in [0.3, 0.4) is 0 Å². The molecule has 1 N–H and O–H groups in total. The Bertz CT molecular complexity index is 1070. The molecule has 8 heteroatoms. The third kappa shape index (κ3) is 8.69. The summed E-state index contributed by atoms with van der Waals surface area (Å²) in [6.45, 7) is 10.2. The van der Waals surface area contributed by atoms with Crippen LogP contribution in [0.1, 0.15) is 51.7 Å². The van der Waals surface area contributed by atoms with E-state index >= 15 is 0 Å². The van der Waals surface area contributed by atoms with Crippen molar-refractivity contribution in [2.24, 2.45) is 5.92 Å². The van der Waals surface area contributed by atoms with E-state index in [2.05, 4.69) is 19.2 Å². The topological polar surface area (TPSA) is 86.8 Å². The molecule has 0 aliphatic carbocycles. The van der Waals surface area contributed by atoms with Gasteiger partial charge in [-0.25, -0.2) is 8.42 Å². The van der Waals surface area contributed by atoms with Gasteiger partial charge in [0.25, 0.3) is 0 Å². The van der Waals surface area contributed by atoms with Crippen LogP contribution in [-0.4, -0.2) is 57.1 Å². The SMILES string of the molecule is CC(C)CNC(=O)C(C)N(CCc1ccccc1)C(=O)CN(c1ccc(C(C)C)cc1)S(C)(=O)=O. The largest absolute Gasteiger partial charge is 0.354 e. The number of carbonyl (C=O) groups excluding carboxylic acids is 2. The summed E-state index contributed by atoms with van der Waals surface area (Å²) in [5.41, 5.74) is 2.53. The molecule has 2 aromatic rings. The summed E-state index contributed by atoms with van der Waals surface area (Å²) >= 11 is 0. The molecule has 0 aromatic heterocycles. The minimum atomic E-state index is -3.73. The summed E-state index contributed by atoms with van der Waals surface area (Å²) in [5.74, 6) is -0.107. The van der Waals surface area contributed by atoms with Crippen molar-refractivity contribution in [2.45, 2.75) is 53.0 Å². The molecule has 0 aliphatic heterocycles. The van der Waals surface area contributed by atoms with Gasteiger partial charge in [0.2, 0.25) is 21.8 Å². The lowest BCUT2D eigenvalue weighted by Crippen LogP contribution is -2.52. The van der Waals surface area contributed by atoms with Crippen LogP contribution in [0.25, 0.3) is 0 Å². The minimum Gasteiger partial charge on any atom is -0.354 e. The molecule has 0 saturated carbocycles. The molecule has 1 atom stereocenters. The predicted molar refractivity (Wildman–Crippen MR) is 142 cm³/mol. The maximum Gasteiger partial charge on any atom is 0.244 e. The van der Waals surface area contributed by atoms with Gasteiger partial charge in [-0.1, -0.05) is 70.2 Å². The van der Waals surface area contributed by atoms with Gasteiger partial charge in [0.15, 0.2) is 0 Å². The monoisotopic (exact) mass is 501 g/mol. The van der Waals surface area contributed by atoms with Crippen LogP contribution >= 0.6 is 0 Å². The first kappa shape index (κ1) is 28.4. The molecule has 1 unspecified atom stereocenters. The fraction of sp³-hybridized carbons (Fsp3) is 0.481. The first-order valence-corrected chi connectivity index (χ1v) is 13.9. The molecule has 0 fully saturated rings. The number of benzene rings is 2. The van der Waals surface area contributed by atoms with E-state index in [1.165, 1.54) is 4.90 Å². The van der Waals surface area contributed by atoms with E-state index in [0.717, 1.165) is 21.7 Å². The maximum atomic E-state index is 13.5. The average molecular weight is 502 g/mol. The van der Waals surface area contributed by atoms with Gasteiger partial charge in [-0.3, -0.25) is 13.9 Å². The molecule has 0 saturated heterocycles. The lowest BCUT2D eigenvalue weighted by atomic mass is 10.0. The molecule has 7 nitrogen and oxygen atoms in total. The molecule has 0 bridgehead atoms. The average Bonchev–Trinajstić information content (AvgIpc) is 2.80. The molecule has 2 rings (SSSR count). The molecule has 0 aliphatic rings. The van der Waals surface area contributed by atoms with Gasteiger partial charge in [0.05, 0.1) is 11.9 Å². The lowest BCUT2D eigenvalue weighted by Gasteiger charge is -2.31. The summed E-state index contributed by atoms with van der Waals surface area (Å²) in [5, 5.41) is 2.88. The van der Waals surface area contributed by atoms with E-state index in [1.54, 1.807) is 19.1 Å². The summed E-state index contributed by atoms with van der Waals surface area (Å²) < 4.78 is 26.4. The van der Waals surface area contributed by atoms with Crippen molar-refractivity contribution in [3.8, 4) is 0 Å². The number of hydrogen-bond acceptors (Lipinski definition) is 4. The molecule has 192 valence electrons. The third-order valence-corrected chi connectivity index (χ3v) is 7.00. The number of sulfonamides is 1. The van der Waals surface area contributed by atoms with E-state index in [4.69, 9.17) is 0 Å². The Kier molecular flexibility index (Phi) is 10.3. The fourth-order valence-electron chi connectivity index (χ4n) is 3.66. The van der Waals surface area contributed by atoms with Crippen molar-refractivity contribution < 1.29 is 18.0 Å². The van der Waals surface area contributed by atoms with Gasteiger partial charge in [-0.2, -0.15) is 0 Å². The summed E-state index contributed by atoms with van der Waals surface area (Å²) in [6, 6.07) is 16.1. The summed E-state index contributed by atoms with van der Waals surface area (Å²) in [4.78, 5) is 27.8. The highest BCUT2D eigenvalue weighted by atomic mass is 32.2. The second kappa shape index (κ2) is 12.7. The maximum absolute atomic E-state index is 13.5. The van der Waals surface area contributed by atoms with Crippen LogP contribution in [0.4, 0.5) is 5.69 Å². The molecular weight excluding hydrogens is 462 g/mol. The van der Waals surface area contributed by atoms with Crippen LogP contribution in [0, 0.1) is 5.92 Å². The molecule has 0 spiro atoms. The number of rotatable bonds is 12. The Morgan fingerprint density at radius 3 is 2.03 bits per heavy atom. The van der Waals surface area contributed by atoms with E-state index in [9.17, 15) is 18.0 Å². The number of hydrogen-bond donors (Lipinski definition) is 1. The molecule has 35 heavy (non-hydrogen) atoms. The highest BCUT2D eigenvalue weighted by Crippen LogP contribution is 2.22. The molecule has 0 radical (unpaired) electrons. The van der Waals surface area contributed by atoms with Crippen molar-refractivity contribution in [3.05, 3.63) is 65.7 Å². The molecule has 2 amide bonds. The lowest BCUT2D eigenvalue weighted by molar-refractivity contribution is -0.138. The van der Waals surface area contributed by atoms with Crippen molar-refractivity contribution in [1.29, 1.82) is 0 Å². The first-order chi connectivity index (χ1) is 16.4. The van der Waals surface area contributed by atoms with Crippen molar-refractivity contribution in [2.75, 3.05) is 30.2 Å². The fourth-order valence-corrected chi connectivity index (χ4v) is 4.51. The van der Waals surface area contributed by atoms with Crippen LogP contribution in [0.5, 0.6) is 0 Å². The highest BCUT2D eigenvalue weighted by molar-refractivity contribution is 7.92. The van der Waals surface area contributed by atoms with Gasteiger partial charge in [-0.05, 0) is 48.4 Å². The van der Waals surface area contributed by atoms with Crippen molar-refractivity contribution in [1.82, 2.24) is 10.2 Å². The first-order valence-electron chi connectivity index (χ1n) is 12.1. The normalized spacial score (nSPS) is 12.5. The Hall–Kier alpha value is -2.87. The quantitative estimate of drug-likeness (QED) is 0.479. The summed E-state index contributed by atoms with van der Waals surface area (Å²) in [6.07, 6.45) is 1.64. The van der Waals surface area contributed by atoms with Gasteiger partial charge < -0.3 is 10.2 Å². The Labute approximate surface area is 210 Å². The smallest absolute Gasteiger partial charge is 0.244 e. The Balaban J connectivity index is 2.29. The van der Waals surface area contributed by atoms with Crippen molar-refractivity contribution >= 4 is 27.5 Å². The Morgan fingerprint density at radius 2 is 1.51 bits per heavy atom. The summed E-state index contributed by atoms with van der Waals surface area (Å²) in [7, 11) is -3.73. The van der Waals surface area contributed by atoms with E-state index in [1.807, 2.05) is 56.3 Å². The standard InChI is InChI=1S/C27H39N3O4S/c1-20(2)18-28-27(32)22(5)29(17-16-23-10-8-7-9-11-23)26(31)19-30(35(6,33)34)25-14-12-24(13-15-25)21(3)4/h7-15,20-22H,16-19H2,1-6H3,(H,28,32). The number of nitrogens with zero attached hydrogens (tertiary/aromatic N) is 2. The highest BCUT2D eigenvalue weighted by Gasteiger charge is 2.29. The number of carbonyl (C=O) groups is 2. The second-order valence-corrected chi connectivity index (χ2v) is 11.6. The molecular formula is C27H39N3O4S. The van der Waals surface area contributed by atoms with Crippen LogP contribution in [0.2, 0.25) is 0 Å². The molecule has 0 heterocycles. The zero-order valence-electron chi connectivity index (χ0n) is 21.7. The number of anilines is 1. The number of nitrogens with one attached hydrogen (secondary N) is 1. The molecule has 2 aromatic carbocycles. The van der Waals surface area contributed by atoms with Gasteiger partial charge >= 0.3 is 0 Å². The number of amides is 2. The third-order valence-electron chi connectivity index (χ3n) is 5.86. The van der Waals surface area contributed by atoms with E-state index in [0.29, 0.717) is 31.1 Å². The van der Waals surface area contributed by atoms with Gasteiger partial charge in [0, 0.05) is 13.1 Å². The second-order valence-electron chi connectivity index (χ2n) is 9.65. The van der Waals surface area contributed by atoms with Crippen LogP contribution in [0.15, 0.2) is 54.6 Å². The van der Waals surface area contributed by atoms with Gasteiger partial charge in [0.1, 0.15) is 12.6 Å². The van der Waals surface area contributed by atoms with E-state index in [-0.39, 0.29) is 18.4 Å². The van der Waals surface area contributed by atoms with Crippen LogP contribution < -0.4 is 9.62 Å². The van der Waals surface area contributed by atoms with Crippen molar-refractivity contribution in [3.63, 3.8) is 0 Å². The Morgan fingerprint density at radius 1 is 0.914 bits per heavy atom. The minimum absolute atomic E-state index is 0.257. The zero-order chi connectivity index (χ0) is 26.2. The van der Waals surface area contributed by atoms with E-state index < -0.39 is 22.0 Å². The van der Waals surface area contributed by atoms with Gasteiger partial charge in [-0.15, -0.1) is 0 Å². The zero-order valence-corrected chi connectivity index (χ0v) is 22.5. The van der Waals surface area contributed by atoms with Crippen LogP contribution in [-0.2, 0) is 26.0 Å².